The number of anilines is 1. The highest BCUT2D eigenvalue weighted by atomic mass is 15.3. The minimum absolute atomic E-state index is 0.490. The third-order valence-electron chi connectivity index (χ3n) is 3.41. The van der Waals surface area contributed by atoms with Gasteiger partial charge >= 0.3 is 0 Å². The molecule has 3 aromatic heterocycles. The first-order valence-electron chi connectivity index (χ1n) is 6.68. The predicted octanol–water partition coefficient (Wildman–Crippen LogP) is 1.67. The Morgan fingerprint density at radius 1 is 1.35 bits per heavy atom. The molecule has 0 aromatic carbocycles. The van der Waals surface area contributed by atoms with Gasteiger partial charge in [-0.3, -0.25) is 9.25 Å². The molecule has 0 bridgehead atoms. The third kappa shape index (κ3) is 2.03. The van der Waals surface area contributed by atoms with Gasteiger partial charge in [-0.2, -0.15) is 5.10 Å². The molecule has 104 valence electrons. The number of nitrogens with two attached hydrogens (primary N) is 1. The van der Waals surface area contributed by atoms with E-state index in [0.717, 1.165) is 34.4 Å². The van der Waals surface area contributed by atoms with Crippen molar-refractivity contribution in [2.45, 2.75) is 26.8 Å². The molecule has 0 spiro atoms. The second kappa shape index (κ2) is 4.63. The van der Waals surface area contributed by atoms with Gasteiger partial charge in [0, 0.05) is 25.0 Å². The Hall–Kier alpha value is -2.37. The average Bonchev–Trinajstić information content (AvgIpc) is 2.90. The molecule has 0 saturated carbocycles. The Morgan fingerprint density at radius 2 is 2.15 bits per heavy atom. The van der Waals surface area contributed by atoms with Crippen LogP contribution in [0.5, 0.6) is 0 Å². The Labute approximate surface area is 117 Å². The van der Waals surface area contributed by atoms with Crippen LogP contribution >= 0.6 is 0 Å². The van der Waals surface area contributed by atoms with Crippen molar-refractivity contribution < 1.29 is 0 Å². The molecule has 6 nitrogen and oxygen atoms in total. The fraction of sp³-hybridized carbons (Fsp3) is 0.357. The third-order valence-corrected chi connectivity index (χ3v) is 3.41. The zero-order chi connectivity index (χ0) is 14.3. The summed E-state index contributed by atoms with van der Waals surface area (Å²) in [5.74, 6) is 0.490. The van der Waals surface area contributed by atoms with Crippen molar-refractivity contribution in [3.05, 3.63) is 35.3 Å². The molecule has 0 unspecified atom stereocenters. The largest absolute Gasteiger partial charge is 0.369 e. The molecule has 0 fully saturated rings. The average molecular weight is 270 g/mol. The van der Waals surface area contributed by atoms with Gasteiger partial charge < -0.3 is 5.73 Å². The van der Waals surface area contributed by atoms with E-state index in [1.165, 1.54) is 0 Å². The van der Waals surface area contributed by atoms with Crippen LogP contribution < -0.4 is 5.73 Å². The number of hydrogen-bond acceptors (Lipinski definition) is 4. The first-order chi connectivity index (χ1) is 9.58. The van der Waals surface area contributed by atoms with Crippen molar-refractivity contribution in [2.75, 3.05) is 5.73 Å². The molecule has 6 heteroatoms. The number of nitrogen functional groups attached to an aromatic ring is 1. The lowest BCUT2D eigenvalue weighted by Crippen LogP contribution is -2.06. The number of hydrogen-bond donors (Lipinski definition) is 1. The van der Waals surface area contributed by atoms with E-state index in [-0.39, 0.29) is 0 Å². The maximum atomic E-state index is 6.03. The van der Waals surface area contributed by atoms with Crippen molar-refractivity contribution in [3.8, 4) is 0 Å². The zero-order valence-corrected chi connectivity index (χ0v) is 12.0. The molecule has 3 aromatic rings. The maximum Gasteiger partial charge on any atom is 0.202 e. The summed E-state index contributed by atoms with van der Waals surface area (Å²) in [6, 6.07) is 2.00. The summed E-state index contributed by atoms with van der Waals surface area (Å²) in [5, 5.41) is 4.46. The van der Waals surface area contributed by atoms with Gasteiger partial charge in [0.05, 0.1) is 12.2 Å². The van der Waals surface area contributed by atoms with Crippen LogP contribution in [0, 0.1) is 6.92 Å². The van der Waals surface area contributed by atoms with Gasteiger partial charge in [-0.25, -0.2) is 9.97 Å². The maximum absolute atomic E-state index is 6.03. The van der Waals surface area contributed by atoms with Crippen LogP contribution in [0.4, 0.5) is 5.95 Å². The number of aromatic nitrogens is 5. The lowest BCUT2D eigenvalue weighted by Gasteiger charge is -2.05. The number of rotatable bonds is 3. The predicted molar refractivity (Wildman–Crippen MR) is 78.4 cm³/mol. The lowest BCUT2D eigenvalue weighted by molar-refractivity contribution is 0.746. The second-order valence-electron chi connectivity index (χ2n) is 5.04. The van der Waals surface area contributed by atoms with E-state index in [1.807, 2.05) is 41.7 Å². The molecule has 0 saturated heterocycles. The fourth-order valence-corrected chi connectivity index (χ4v) is 2.47. The molecule has 20 heavy (non-hydrogen) atoms. The van der Waals surface area contributed by atoms with E-state index in [0.29, 0.717) is 12.5 Å². The van der Waals surface area contributed by atoms with E-state index in [4.69, 9.17) is 5.73 Å². The second-order valence-corrected chi connectivity index (χ2v) is 5.04. The van der Waals surface area contributed by atoms with Crippen LogP contribution in [0.25, 0.3) is 11.2 Å². The van der Waals surface area contributed by atoms with Crippen LogP contribution in [0.3, 0.4) is 0 Å². The molecular weight excluding hydrogens is 252 g/mol. The van der Waals surface area contributed by atoms with Gasteiger partial charge in [0.25, 0.3) is 0 Å². The summed E-state index contributed by atoms with van der Waals surface area (Å²) < 4.78 is 3.77. The minimum atomic E-state index is 0.490. The van der Waals surface area contributed by atoms with Crippen molar-refractivity contribution >= 4 is 17.1 Å². The van der Waals surface area contributed by atoms with E-state index in [2.05, 4.69) is 22.0 Å². The van der Waals surface area contributed by atoms with Gasteiger partial charge in [0.15, 0.2) is 5.65 Å². The molecule has 0 aliphatic heterocycles. The Kier molecular flexibility index (Phi) is 2.93. The zero-order valence-electron chi connectivity index (χ0n) is 12.0. The topological polar surface area (TPSA) is 74.5 Å². The molecular formula is C14H18N6. The van der Waals surface area contributed by atoms with Gasteiger partial charge in [0.1, 0.15) is 5.52 Å². The summed E-state index contributed by atoms with van der Waals surface area (Å²) in [7, 11) is 1.93. The molecule has 2 N–H and O–H groups in total. The molecule has 3 rings (SSSR count). The van der Waals surface area contributed by atoms with Crippen molar-refractivity contribution in [2.24, 2.45) is 7.05 Å². The minimum Gasteiger partial charge on any atom is -0.369 e. The van der Waals surface area contributed by atoms with Crippen molar-refractivity contribution in [1.29, 1.82) is 0 Å². The highest BCUT2D eigenvalue weighted by Gasteiger charge is 2.13. The van der Waals surface area contributed by atoms with Crippen molar-refractivity contribution in [3.63, 3.8) is 0 Å². The van der Waals surface area contributed by atoms with E-state index in [1.54, 1.807) is 0 Å². The lowest BCUT2D eigenvalue weighted by atomic mass is 10.2. The monoisotopic (exact) mass is 270 g/mol. The van der Waals surface area contributed by atoms with E-state index in [9.17, 15) is 0 Å². The number of nitrogens with zero attached hydrogens (tertiary/aromatic N) is 5. The normalized spacial score (nSPS) is 11.3. The van der Waals surface area contributed by atoms with Crippen LogP contribution in [0.2, 0.25) is 0 Å². The number of fused-ring (bicyclic) bond motifs is 1. The Bertz CT molecular complexity index is 767. The van der Waals surface area contributed by atoms with Gasteiger partial charge in [0.2, 0.25) is 5.95 Å². The molecule has 0 aliphatic carbocycles. The van der Waals surface area contributed by atoms with E-state index >= 15 is 0 Å². The number of aryl methyl sites for hydroxylation is 3. The van der Waals surface area contributed by atoms with Crippen LogP contribution in [0.15, 0.2) is 18.5 Å². The highest BCUT2D eigenvalue weighted by molar-refractivity contribution is 5.74. The SMILES string of the molecule is CCc1nn(C)cc1Cn1c(N)nc2cc(C)cnc21. The molecule has 0 radical (unpaired) electrons. The first kappa shape index (κ1) is 12.7. The summed E-state index contributed by atoms with van der Waals surface area (Å²) in [6.07, 6.45) is 4.76. The summed E-state index contributed by atoms with van der Waals surface area (Å²) in [4.78, 5) is 8.84. The summed E-state index contributed by atoms with van der Waals surface area (Å²) in [6.45, 7) is 4.75. The summed E-state index contributed by atoms with van der Waals surface area (Å²) in [5.41, 5.74) is 11.0. The molecule has 0 atom stereocenters. The summed E-state index contributed by atoms with van der Waals surface area (Å²) >= 11 is 0. The van der Waals surface area contributed by atoms with Crippen LogP contribution in [0.1, 0.15) is 23.7 Å². The van der Waals surface area contributed by atoms with Crippen LogP contribution in [-0.4, -0.2) is 24.3 Å². The Balaban J connectivity index is 2.08. The van der Waals surface area contributed by atoms with E-state index < -0.39 is 0 Å². The van der Waals surface area contributed by atoms with Crippen molar-refractivity contribution in [1.82, 2.24) is 24.3 Å². The molecule has 0 amide bonds. The smallest absolute Gasteiger partial charge is 0.202 e. The molecule has 0 aliphatic rings. The fourth-order valence-electron chi connectivity index (χ4n) is 2.47. The first-order valence-corrected chi connectivity index (χ1v) is 6.68. The quantitative estimate of drug-likeness (QED) is 0.785. The van der Waals surface area contributed by atoms with Crippen LogP contribution in [-0.2, 0) is 20.0 Å². The number of imidazole rings is 1. The standard InChI is InChI=1S/C14H18N6/c1-4-11-10(7-19(3)18-11)8-20-13-12(17-14(20)15)5-9(2)6-16-13/h5-7H,4,8H2,1-3H3,(H2,15,17). The van der Waals surface area contributed by atoms with Gasteiger partial charge in [-0.1, -0.05) is 6.92 Å². The molecule has 3 heterocycles. The number of pyridine rings is 1. The highest BCUT2D eigenvalue weighted by Crippen LogP contribution is 2.19. The van der Waals surface area contributed by atoms with Gasteiger partial charge in [-0.05, 0) is 25.0 Å². The Morgan fingerprint density at radius 3 is 2.90 bits per heavy atom. The van der Waals surface area contributed by atoms with Gasteiger partial charge in [-0.15, -0.1) is 0 Å².